The van der Waals surface area contributed by atoms with Gasteiger partial charge >= 0.3 is 5.97 Å². The molecule has 1 aliphatic carbocycles. The van der Waals surface area contributed by atoms with E-state index in [9.17, 15) is 13.8 Å². The summed E-state index contributed by atoms with van der Waals surface area (Å²) >= 11 is -1.90. The molecule has 0 heterocycles. The summed E-state index contributed by atoms with van der Waals surface area (Å²) in [6.07, 6.45) is 1.75. The van der Waals surface area contributed by atoms with Gasteiger partial charge < -0.3 is 15.0 Å². The number of nitrogens with one attached hydrogen (secondary N) is 1. The zero-order valence-electron chi connectivity index (χ0n) is 9.59. The summed E-state index contributed by atoms with van der Waals surface area (Å²) in [7, 11) is 0. The van der Waals surface area contributed by atoms with Gasteiger partial charge in [-0.15, -0.1) is 0 Å². The Bertz CT molecular complexity index is 333. The molecule has 0 aromatic carbocycles. The SMILES string of the molecule is CCC(NC(=O)C1CCC(S(=O)O)C1)C(=O)O. The molecule has 0 aromatic heterocycles. The van der Waals surface area contributed by atoms with Gasteiger partial charge in [-0.25, -0.2) is 9.00 Å². The fourth-order valence-electron chi connectivity index (χ4n) is 1.99. The van der Waals surface area contributed by atoms with Crippen molar-refractivity contribution in [3.8, 4) is 0 Å². The van der Waals surface area contributed by atoms with Crippen molar-refractivity contribution in [2.45, 2.75) is 43.9 Å². The molecule has 1 saturated carbocycles. The molecule has 3 N–H and O–H groups in total. The molecule has 1 amide bonds. The smallest absolute Gasteiger partial charge is 0.326 e. The van der Waals surface area contributed by atoms with Gasteiger partial charge in [0.05, 0.1) is 5.25 Å². The maximum absolute atomic E-state index is 11.7. The van der Waals surface area contributed by atoms with Crippen molar-refractivity contribution in [2.75, 3.05) is 0 Å². The van der Waals surface area contributed by atoms with E-state index >= 15 is 0 Å². The van der Waals surface area contributed by atoms with E-state index in [4.69, 9.17) is 9.66 Å². The molecule has 0 aliphatic heterocycles. The zero-order chi connectivity index (χ0) is 13.0. The number of aliphatic carboxylic acids is 1. The fraction of sp³-hybridized carbons (Fsp3) is 0.800. The van der Waals surface area contributed by atoms with E-state index in [-0.39, 0.29) is 17.1 Å². The first kappa shape index (κ1) is 14.1. The third kappa shape index (κ3) is 3.78. The van der Waals surface area contributed by atoms with E-state index < -0.39 is 23.1 Å². The lowest BCUT2D eigenvalue weighted by atomic mass is 10.1. The summed E-state index contributed by atoms with van der Waals surface area (Å²) in [6, 6.07) is -0.874. The summed E-state index contributed by atoms with van der Waals surface area (Å²) < 4.78 is 19.8. The Kier molecular flexibility index (Phi) is 5.07. The summed E-state index contributed by atoms with van der Waals surface area (Å²) in [6.45, 7) is 1.68. The number of hydrogen-bond donors (Lipinski definition) is 3. The average molecular weight is 263 g/mol. The first-order valence-corrected chi connectivity index (χ1v) is 6.75. The number of rotatable bonds is 5. The lowest BCUT2D eigenvalue weighted by Gasteiger charge is -2.15. The molecule has 4 atom stereocenters. The van der Waals surface area contributed by atoms with Gasteiger partial charge in [-0.1, -0.05) is 6.92 Å². The van der Waals surface area contributed by atoms with Crippen molar-refractivity contribution in [2.24, 2.45) is 5.92 Å². The number of carboxylic acid groups (broad SMARTS) is 1. The molecular formula is C10H17NO5S. The second-order valence-electron chi connectivity index (χ2n) is 4.22. The molecule has 4 unspecified atom stereocenters. The minimum absolute atomic E-state index is 0.323. The minimum Gasteiger partial charge on any atom is -0.480 e. The summed E-state index contributed by atoms with van der Waals surface area (Å²) in [5.74, 6) is -1.72. The van der Waals surface area contributed by atoms with Crippen LogP contribution in [0.25, 0.3) is 0 Å². The van der Waals surface area contributed by atoms with Gasteiger partial charge in [-0.2, -0.15) is 0 Å². The molecule has 98 valence electrons. The highest BCUT2D eigenvalue weighted by molar-refractivity contribution is 7.79. The Morgan fingerprint density at radius 2 is 2.12 bits per heavy atom. The van der Waals surface area contributed by atoms with Crippen molar-refractivity contribution in [3.63, 3.8) is 0 Å². The van der Waals surface area contributed by atoms with Crippen LogP contribution in [-0.2, 0) is 20.7 Å². The molecular weight excluding hydrogens is 246 g/mol. The minimum atomic E-state index is -1.90. The van der Waals surface area contributed by atoms with Crippen LogP contribution in [0.1, 0.15) is 32.6 Å². The zero-order valence-corrected chi connectivity index (χ0v) is 10.4. The monoisotopic (exact) mass is 263 g/mol. The fourth-order valence-corrected chi connectivity index (χ4v) is 2.72. The van der Waals surface area contributed by atoms with Crippen molar-refractivity contribution in [3.05, 3.63) is 0 Å². The lowest BCUT2D eigenvalue weighted by Crippen LogP contribution is -2.42. The maximum atomic E-state index is 11.7. The molecule has 1 fully saturated rings. The Hall–Kier alpha value is -0.950. The Morgan fingerprint density at radius 3 is 2.53 bits per heavy atom. The van der Waals surface area contributed by atoms with Crippen molar-refractivity contribution >= 4 is 23.0 Å². The molecule has 0 radical (unpaired) electrons. The predicted molar refractivity (Wildman–Crippen MR) is 61.8 cm³/mol. The van der Waals surface area contributed by atoms with Gasteiger partial charge in [-0.3, -0.25) is 4.79 Å². The summed E-state index contributed by atoms with van der Waals surface area (Å²) in [5.41, 5.74) is 0. The molecule has 6 nitrogen and oxygen atoms in total. The van der Waals surface area contributed by atoms with Gasteiger partial charge in [-0.05, 0) is 25.7 Å². The molecule has 0 saturated heterocycles. The number of hydrogen-bond acceptors (Lipinski definition) is 3. The Labute approximate surface area is 102 Å². The van der Waals surface area contributed by atoms with Crippen molar-refractivity contribution < 1.29 is 23.5 Å². The summed E-state index contributed by atoms with van der Waals surface area (Å²) in [5, 5.41) is 10.9. The largest absolute Gasteiger partial charge is 0.480 e. The van der Waals surface area contributed by atoms with Crippen LogP contribution in [0.2, 0.25) is 0 Å². The molecule has 1 rings (SSSR count). The van der Waals surface area contributed by atoms with Crippen LogP contribution in [0.5, 0.6) is 0 Å². The first-order valence-electron chi connectivity index (χ1n) is 5.58. The van der Waals surface area contributed by atoms with E-state index in [1.807, 2.05) is 0 Å². The van der Waals surface area contributed by atoms with Crippen LogP contribution in [0.3, 0.4) is 0 Å². The highest BCUT2D eigenvalue weighted by atomic mass is 32.2. The van der Waals surface area contributed by atoms with E-state index in [1.165, 1.54) is 0 Å². The first-order chi connectivity index (χ1) is 7.95. The van der Waals surface area contributed by atoms with Crippen molar-refractivity contribution in [1.29, 1.82) is 0 Å². The number of carbonyl (C=O) groups excluding carboxylic acids is 1. The molecule has 17 heavy (non-hydrogen) atoms. The van der Waals surface area contributed by atoms with Crippen LogP contribution in [0.4, 0.5) is 0 Å². The van der Waals surface area contributed by atoms with Crippen LogP contribution in [0.15, 0.2) is 0 Å². The van der Waals surface area contributed by atoms with Gasteiger partial charge in [0.2, 0.25) is 5.91 Å². The van der Waals surface area contributed by atoms with Crippen LogP contribution in [-0.4, -0.2) is 37.0 Å². The third-order valence-electron chi connectivity index (χ3n) is 3.06. The van der Waals surface area contributed by atoms with E-state index in [1.54, 1.807) is 6.92 Å². The van der Waals surface area contributed by atoms with Crippen LogP contribution in [0, 0.1) is 5.92 Å². The number of carboxylic acids is 1. The maximum Gasteiger partial charge on any atom is 0.326 e. The van der Waals surface area contributed by atoms with E-state index in [0.717, 1.165) is 0 Å². The molecule has 0 bridgehead atoms. The second-order valence-corrected chi connectivity index (χ2v) is 5.43. The van der Waals surface area contributed by atoms with Crippen molar-refractivity contribution in [1.82, 2.24) is 5.32 Å². The lowest BCUT2D eigenvalue weighted by molar-refractivity contribution is -0.142. The standard InChI is InChI=1S/C10H17NO5S/c1-2-8(10(13)14)11-9(12)6-3-4-7(5-6)17(15)16/h6-8H,2-5H2,1H3,(H,11,12)(H,13,14)(H,15,16). The second kappa shape index (κ2) is 6.11. The van der Waals surface area contributed by atoms with Gasteiger partial charge in [0.25, 0.3) is 0 Å². The molecule has 0 spiro atoms. The summed E-state index contributed by atoms with van der Waals surface area (Å²) in [4.78, 5) is 22.5. The van der Waals surface area contributed by atoms with E-state index in [0.29, 0.717) is 25.7 Å². The Morgan fingerprint density at radius 1 is 1.47 bits per heavy atom. The average Bonchev–Trinajstić information content (AvgIpc) is 2.74. The molecule has 1 aliphatic rings. The van der Waals surface area contributed by atoms with Crippen LogP contribution < -0.4 is 5.32 Å². The molecule has 7 heteroatoms. The van der Waals surface area contributed by atoms with Gasteiger partial charge in [0.15, 0.2) is 11.1 Å². The predicted octanol–water partition coefficient (Wildman–Crippen LogP) is 0.356. The van der Waals surface area contributed by atoms with E-state index in [2.05, 4.69) is 5.32 Å². The quantitative estimate of drug-likeness (QED) is 0.621. The highest BCUT2D eigenvalue weighted by Crippen LogP contribution is 2.28. The van der Waals surface area contributed by atoms with Gasteiger partial charge in [0, 0.05) is 5.92 Å². The topological polar surface area (TPSA) is 104 Å². The highest BCUT2D eigenvalue weighted by Gasteiger charge is 2.34. The number of amides is 1. The number of carbonyl (C=O) groups is 2. The molecule has 0 aromatic rings. The van der Waals surface area contributed by atoms with Crippen LogP contribution >= 0.6 is 0 Å². The third-order valence-corrected chi connectivity index (χ3v) is 4.06. The van der Waals surface area contributed by atoms with Gasteiger partial charge in [0.1, 0.15) is 6.04 Å². The Balaban J connectivity index is 2.49. The normalized spacial score (nSPS) is 27.4.